The fourth-order valence-electron chi connectivity index (χ4n) is 2.85. The van der Waals surface area contributed by atoms with E-state index < -0.39 is 22.5 Å². The van der Waals surface area contributed by atoms with E-state index in [0.29, 0.717) is 20.6 Å². The maximum absolute atomic E-state index is 13.3. The zero-order valence-corrected chi connectivity index (χ0v) is 20.6. The van der Waals surface area contributed by atoms with Crippen LogP contribution < -0.4 is 5.43 Å². The molecular weight excluding hydrogens is 505 g/mol. The Hall–Kier alpha value is -2.42. The predicted octanol–water partition coefficient (Wildman–Crippen LogP) is 5.30. The normalized spacial score (nSPS) is 11.8. The molecule has 33 heavy (non-hydrogen) atoms. The number of nitrogens with one attached hydrogen (secondary N) is 1. The highest BCUT2D eigenvalue weighted by atomic mass is 35.5. The molecule has 0 bridgehead atoms. The molecule has 1 N–H and O–H groups in total. The molecule has 0 radical (unpaired) electrons. The minimum Gasteiger partial charge on any atom is -0.272 e. The molecule has 172 valence electrons. The summed E-state index contributed by atoms with van der Waals surface area (Å²) >= 11 is 17.8. The molecule has 3 aromatic carbocycles. The molecule has 1 amide bonds. The van der Waals surface area contributed by atoms with Gasteiger partial charge in [0.15, 0.2) is 0 Å². The van der Waals surface area contributed by atoms with Gasteiger partial charge in [0.2, 0.25) is 10.0 Å². The van der Waals surface area contributed by atoms with Crippen molar-refractivity contribution >= 4 is 56.9 Å². The van der Waals surface area contributed by atoms with E-state index in [4.69, 9.17) is 34.8 Å². The summed E-state index contributed by atoms with van der Waals surface area (Å²) in [5, 5.41) is 5.13. The monoisotopic (exact) mass is 523 g/mol. The quantitative estimate of drug-likeness (QED) is 0.321. The SMILES string of the molecule is Cc1ccc(CN(CC(=O)N/N=C\c2ccc(Cl)cc2Cl)S(=O)(=O)c2ccc(Cl)cc2)cc1. The van der Waals surface area contributed by atoms with Crippen LogP contribution in [0.25, 0.3) is 0 Å². The molecule has 0 aliphatic carbocycles. The number of hydrazone groups is 1. The van der Waals surface area contributed by atoms with E-state index in [-0.39, 0.29) is 11.4 Å². The summed E-state index contributed by atoms with van der Waals surface area (Å²) in [6.45, 7) is 1.50. The number of hydrogen-bond donors (Lipinski definition) is 1. The molecule has 6 nitrogen and oxygen atoms in total. The Morgan fingerprint density at radius 1 is 0.970 bits per heavy atom. The lowest BCUT2D eigenvalue weighted by Crippen LogP contribution is -2.39. The summed E-state index contributed by atoms with van der Waals surface area (Å²) in [5.74, 6) is -0.610. The second kappa shape index (κ2) is 11.1. The third kappa shape index (κ3) is 7.03. The zero-order valence-electron chi connectivity index (χ0n) is 17.5. The molecular formula is C23H20Cl3N3O3S. The summed E-state index contributed by atoms with van der Waals surface area (Å²) in [7, 11) is -3.98. The van der Waals surface area contributed by atoms with E-state index in [9.17, 15) is 13.2 Å². The number of halogens is 3. The number of hydrogen-bond acceptors (Lipinski definition) is 4. The first-order chi connectivity index (χ1) is 15.6. The Balaban J connectivity index is 1.79. The van der Waals surface area contributed by atoms with Gasteiger partial charge in [-0.15, -0.1) is 0 Å². The van der Waals surface area contributed by atoms with Crippen molar-refractivity contribution in [2.75, 3.05) is 6.54 Å². The number of benzene rings is 3. The van der Waals surface area contributed by atoms with Crippen molar-refractivity contribution in [2.24, 2.45) is 5.10 Å². The van der Waals surface area contributed by atoms with Gasteiger partial charge in [-0.05, 0) is 48.9 Å². The standard InChI is InChI=1S/C23H20Cl3N3O3S/c1-16-2-4-17(5-3-16)14-29(33(31,32)21-10-8-19(24)9-11-21)15-23(30)28-27-13-18-6-7-20(25)12-22(18)26/h2-13H,14-15H2,1H3,(H,28,30)/b27-13-. The first-order valence-electron chi connectivity index (χ1n) is 9.73. The molecule has 0 heterocycles. The van der Waals surface area contributed by atoms with Crippen molar-refractivity contribution in [1.29, 1.82) is 0 Å². The number of carbonyl (C=O) groups excluding carboxylic acids is 1. The highest BCUT2D eigenvalue weighted by Crippen LogP contribution is 2.21. The van der Waals surface area contributed by atoms with E-state index in [2.05, 4.69) is 10.5 Å². The van der Waals surface area contributed by atoms with Crippen LogP contribution >= 0.6 is 34.8 Å². The van der Waals surface area contributed by atoms with Gasteiger partial charge in [-0.1, -0.05) is 70.7 Å². The van der Waals surface area contributed by atoms with Crippen LogP contribution in [0.15, 0.2) is 76.7 Å². The predicted molar refractivity (Wildman–Crippen MR) is 132 cm³/mol. The smallest absolute Gasteiger partial charge is 0.255 e. The number of aryl methyl sites for hydroxylation is 1. The van der Waals surface area contributed by atoms with Gasteiger partial charge in [-0.25, -0.2) is 13.8 Å². The highest BCUT2D eigenvalue weighted by molar-refractivity contribution is 7.89. The van der Waals surface area contributed by atoms with Crippen molar-refractivity contribution in [2.45, 2.75) is 18.4 Å². The Kier molecular flexibility index (Phi) is 8.51. The molecule has 3 aromatic rings. The lowest BCUT2D eigenvalue weighted by molar-refractivity contribution is -0.121. The van der Waals surface area contributed by atoms with Crippen molar-refractivity contribution in [3.63, 3.8) is 0 Å². The lowest BCUT2D eigenvalue weighted by Gasteiger charge is -2.21. The minimum atomic E-state index is -3.98. The number of amides is 1. The maximum Gasteiger partial charge on any atom is 0.255 e. The van der Waals surface area contributed by atoms with Crippen LogP contribution in [0.3, 0.4) is 0 Å². The second-order valence-electron chi connectivity index (χ2n) is 7.17. The summed E-state index contributed by atoms with van der Waals surface area (Å²) in [6, 6.07) is 18.0. The van der Waals surface area contributed by atoms with E-state index in [1.54, 1.807) is 18.2 Å². The summed E-state index contributed by atoms with van der Waals surface area (Å²) in [6.07, 6.45) is 1.36. The van der Waals surface area contributed by atoms with Crippen LogP contribution in [0.5, 0.6) is 0 Å². The van der Waals surface area contributed by atoms with Gasteiger partial charge in [0.25, 0.3) is 5.91 Å². The van der Waals surface area contributed by atoms with Crippen LogP contribution in [0.4, 0.5) is 0 Å². The fraction of sp³-hybridized carbons (Fsp3) is 0.130. The van der Waals surface area contributed by atoms with Gasteiger partial charge < -0.3 is 0 Å². The van der Waals surface area contributed by atoms with Gasteiger partial charge >= 0.3 is 0 Å². The van der Waals surface area contributed by atoms with Crippen LogP contribution in [0, 0.1) is 6.92 Å². The number of rotatable bonds is 8. The Morgan fingerprint density at radius 3 is 2.24 bits per heavy atom. The zero-order chi connectivity index (χ0) is 24.0. The number of sulfonamides is 1. The minimum absolute atomic E-state index is 0.00534. The maximum atomic E-state index is 13.3. The van der Waals surface area contributed by atoms with Crippen LogP contribution in [-0.4, -0.2) is 31.4 Å². The van der Waals surface area contributed by atoms with Gasteiger partial charge in [0.1, 0.15) is 0 Å². The average molecular weight is 525 g/mol. The molecule has 10 heteroatoms. The Morgan fingerprint density at radius 2 is 1.61 bits per heavy atom. The van der Waals surface area contributed by atoms with Crippen LogP contribution in [-0.2, 0) is 21.4 Å². The number of nitrogens with zero attached hydrogens (tertiary/aromatic N) is 2. The molecule has 0 fully saturated rings. The first-order valence-corrected chi connectivity index (χ1v) is 12.3. The van der Waals surface area contributed by atoms with Crippen molar-refractivity contribution in [3.05, 3.63) is 98.5 Å². The molecule has 0 saturated heterocycles. The second-order valence-corrected chi connectivity index (χ2v) is 10.4. The fourth-order valence-corrected chi connectivity index (χ4v) is 4.82. The third-order valence-electron chi connectivity index (χ3n) is 4.61. The van der Waals surface area contributed by atoms with E-state index in [0.717, 1.165) is 15.4 Å². The third-order valence-corrected chi connectivity index (χ3v) is 7.23. The molecule has 3 rings (SSSR count). The Bertz CT molecular complexity index is 1260. The molecule has 0 aromatic heterocycles. The van der Waals surface area contributed by atoms with Crippen LogP contribution in [0.1, 0.15) is 16.7 Å². The first kappa shape index (κ1) is 25.2. The molecule has 0 aliphatic rings. The summed E-state index contributed by atoms with van der Waals surface area (Å²) in [5.41, 5.74) is 4.67. The molecule has 0 atom stereocenters. The summed E-state index contributed by atoms with van der Waals surface area (Å²) in [4.78, 5) is 12.6. The largest absolute Gasteiger partial charge is 0.272 e. The van der Waals surface area contributed by atoms with Crippen LogP contribution in [0.2, 0.25) is 15.1 Å². The van der Waals surface area contributed by atoms with E-state index in [1.807, 2.05) is 31.2 Å². The molecule has 0 spiro atoms. The van der Waals surface area contributed by atoms with E-state index >= 15 is 0 Å². The Labute approximate surface area is 207 Å². The van der Waals surface area contributed by atoms with Gasteiger partial charge in [-0.2, -0.15) is 9.41 Å². The summed E-state index contributed by atoms with van der Waals surface area (Å²) < 4.78 is 27.6. The van der Waals surface area contributed by atoms with Crippen molar-refractivity contribution in [1.82, 2.24) is 9.73 Å². The van der Waals surface area contributed by atoms with Gasteiger partial charge in [0.05, 0.1) is 22.7 Å². The van der Waals surface area contributed by atoms with Crippen molar-refractivity contribution in [3.8, 4) is 0 Å². The van der Waals surface area contributed by atoms with Crippen molar-refractivity contribution < 1.29 is 13.2 Å². The molecule has 0 aliphatic heterocycles. The molecule has 0 unspecified atom stereocenters. The molecule has 0 saturated carbocycles. The lowest BCUT2D eigenvalue weighted by atomic mass is 10.1. The van der Waals surface area contributed by atoms with Gasteiger partial charge in [0, 0.05) is 22.2 Å². The average Bonchev–Trinajstić information content (AvgIpc) is 2.76. The highest BCUT2D eigenvalue weighted by Gasteiger charge is 2.27. The number of carbonyl (C=O) groups is 1. The van der Waals surface area contributed by atoms with E-state index in [1.165, 1.54) is 30.5 Å². The van der Waals surface area contributed by atoms with Gasteiger partial charge in [-0.3, -0.25) is 4.79 Å². The topological polar surface area (TPSA) is 78.8 Å².